The largest absolute Gasteiger partial charge is 0.395 e. The lowest BCUT2D eigenvalue weighted by molar-refractivity contribution is -0.314. The Bertz CT molecular complexity index is 1140. The number of nitrogens with zero attached hydrogens (tertiary/aromatic N) is 5. The van der Waals surface area contributed by atoms with Crippen molar-refractivity contribution in [1.82, 2.24) is 25.1 Å². The summed E-state index contributed by atoms with van der Waals surface area (Å²) in [5.41, 5.74) is 0.124. The summed E-state index contributed by atoms with van der Waals surface area (Å²) in [6, 6.07) is 0. The lowest BCUT2D eigenvalue weighted by Gasteiger charge is -2.55. The normalized spacial score (nSPS) is 24.4. The van der Waals surface area contributed by atoms with Crippen molar-refractivity contribution < 1.29 is 14.8 Å². The number of rotatable bonds is 19. The molecule has 3 heterocycles. The van der Waals surface area contributed by atoms with Gasteiger partial charge in [-0.3, -0.25) is 9.68 Å². The molecule has 0 amide bonds. The van der Waals surface area contributed by atoms with Crippen LogP contribution in [0.3, 0.4) is 0 Å². The number of nitrogens with one attached hydrogen (secondary N) is 3. The molecule has 5 rings (SSSR count). The van der Waals surface area contributed by atoms with Crippen molar-refractivity contribution in [3.63, 3.8) is 0 Å². The van der Waals surface area contributed by atoms with E-state index in [1.807, 2.05) is 0 Å². The van der Waals surface area contributed by atoms with E-state index in [2.05, 4.69) is 91.4 Å². The number of hydroxylamine groups is 4. The number of anilines is 3. The molecule has 11 heteroatoms. The third kappa shape index (κ3) is 12.6. The van der Waals surface area contributed by atoms with Gasteiger partial charge in [0.25, 0.3) is 0 Å². The third-order valence-corrected chi connectivity index (χ3v) is 12.6. The Morgan fingerprint density at radius 1 is 0.519 bits per heavy atom. The van der Waals surface area contributed by atoms with E-state index in [0.717, 1.165) is 25.9 Å². The predicted octanol–water partition coefficient (Wildman–Crippen LogP) is 9.51. The van der Waals surface area contributed by atoms with Crippen LogP contribution < -0.4 is 16.0 Å². The van der Waals surface area contributed by atoms with E-state index in [4.69, 9.17) is 14.7 Å². The van der Waals surface area contributed by atoms with E-state index in [0.29, 0.717) is 48.4 Å². The van der Waals surface area contributed by atoms with Crippen molar-refractivity contribution in [2.24, 2.45) is 11.8 Å². The lowest BCUT2D eigenvalue weighted by atomic mass is 9.73. The van der Waals surface area contributed by atoms with E-state index in [1.165, 1.54) is 116 Å². The Balaban J connectivity index is 1.03. The van der Waals surface area contributed by atoms with Crippen molar-refractivity contribution in [1.29, 1.82) is 0 Å². The zero-order valence-corrected chi connectivity index (χ0v) is 35.8. The van der Waals surface area contributed by atoms with Crippen LogP contribution in [0, 0.1) is 11.8 Å². The summed E-state index contributed by atoms with van der Waals surface area (Å²) in [5.74, 6) is 3.02. The minimum atomic E-state index is 0.0235. The highest BCUT2D eigenvalue weighted by atomic mass is 16.7. The molecule has 11 nitrogen and oxygen atoms in total. The second-order valence-electron chi connectivity index (χ2n) is 19.9. The quantitative estimate of drug-likeness (QED) is 0.101. The molecule has 310 valence electrons. The van der Waals surface area contributed by atoms with Crippen molar-refractivity contribution in [2.75, 3.05) is 42.2 Å². The van der Waals surface area contributed by atoms with Gasteiger partial charge in [0, 0.05) is 41.8 Å². The Morgan fingerprint density at radius 2 is 0.852 bits per heavy atom. The molecular weight excluding hydrogens is 677 g/mol. The molecular formula is C43H80N8O3. The van der Waals surface area contributed by atoms with Crippen molar-refractivity contribution >= 4 is 17.8 Å². The second kappa shape index (κ2) is 19.6. The van der Waals surface area contributed by atoms with E-state index < -0.39 is 0 Å². The Morgan fingerprint density at radius 3 is 1.19 bits per heavy atom. The number of unbranched alkanes of at least 4 members (excludes halogenated alkanes) is 2. The van der Waals surface area contributed by atoms with Gasteiger partial charge in [0.1, 0.15) is 0 Å². The van der Waals surface area contributed by atoms with E-state index in [-0.39, 0.29) is 28.8 Å². The molecule has 0 bridgehead atoms. The molecule has 54 heavy (non-hydrogen) atoms. The highest BCUT2D eigenvalue weighted by molar-refractivity contribution is 5.42. The molecule has 0 unspecified atom stereocenters. The summed E-state index contributed by atoms with van der Waals surface area (Å²) >= 11 is 0. The third-order valence-electron chi connectivity index (χ3n) is 12.6. The molecule has 2 aliphatic heterocycles. The monoisotopic (exact) mass is 757 g/mol. The van der Waals surface area contributed by atoms with Crippen LogP contribution in [0.4, 0.5) is 17.8 Å². The van der Waals surface area contributed by atoms with Crippen LogP contribution in [0.5, 0.6) is 0 Å². The molecule has 2 saturated heterocycles. The first kappa shape index (κ1) is 43.3. The van der Waals surface area contributed by atoms with Crippen LogP contribution in [0.1, 0.15) is 184 Å². The second-order valence-corrected chi connectivity index (χ2v) is 19.9. The first-order valence-corrected chi connectivity index (χ1v) is 22.2. The number of aliphatic hydroxyl groups is 1. The zero-order chi connectivity index (χ0) is 38.8. The maximum atomic E-state index is 9.40. The molecule has 0 aromatic carbocycles. The molecule has 1 aromatic heterocycles. The van der Waals surface area contributed by atoms with Crippen molar-refractivity contribution in [3.05, 3.63) is 0 Å². The molecule has 2 aliphatic carbocycles. The fourth-order valence-electron chi connectivity index (χ4n) is 10.9. The van der Waals surface area contributed by atoms with E-state index in [1.54, 1.807) is 0 Å². The van der Waals surface area contributed by atoms with Gasteiger partial charge in [-0.25, -0.2) is 0 Å². The Hall–Kier alpha value is -1.79. The molecule has 0 atom stereocenters. The molecule has 0 spiro atoms. The van der Waals surface area contributed by atoms with Gasteiger partial charge in [-0.15, -0.1) is 0 Å². The number of hydrogen-bond acceptors (Lipinski definition) is 11. The van der Waals surface area contributed by atoms with Crippen LogP contribution in [-0.2, 0) is 9.68 Å². The number of aromatic nitrogens is 3. The lowest BCUT2D eigenvalue weighted by Crippen LogP contribution is -2.61. The Labute approximate surface area is 329 Å². The van der Waals surface area contributed by atoms with Gasteiger partial charge in [0.15, 0.2) is 0 Å². The maximum Gasteiger partial charge on any atom is 0.229 e. The van der Waals surface area contributed by atoms with Crippen molar-refractivity contribution in [2.45, 2.75) is 218 Å². The highest BCUT2D eigenvalue weighted by Crippen LogP contribution is 2.46. The number of aliphatic hydroxyl groups excluding tert-OH is 1. The Kier molecular flexibility index (Phi) is 15.7. The maximum absolute atomic E-state index is 9.40. The summed E-state index contributed by atoms with van der Waals surface area (Å²) < 4.78 is 0. The fraction of sp³-hybridized carbons (Fsp3) is 0.930. The minimum absolute atomic E-state index is 0.0235. The predicted molar refractivity (Wildman–Crippen MR) is 221 cm³/mol. The molecule has 4 fully saturated rings. The van der Waals surface area contributed by atoms with Crippen molar-refractivity contribution in [3.8, 4) is 0 Å². The van der Waals surface area contributed by atoms with Crippen LogP contribution in [0.15, 0.2) is 0 Å². The summed E-state index contributed by atoms with van der Waals surface area (Å²) in [4.78, 5) is 27.4. The molecule has 4 aliphatic rings. The number of piperidine rings is 2. The van der Waals surface area contributed by atoms with E-state index in [9.17, 15) is 5.11 Å². The average molecular weight is 757 g/mol. The van der Waals surface area contributed by atoms with Crippen LogP contribution in [0.2, 0.25) is 0 Å². The summed E-state index contributed by atoms with van der Waals surface area (Å²) in [7, 11) is 0. The molecule has 2 saturated carbocycles. The zero-order valence-electron chi connectivity index (χ0n) is 35.8. The SMILES string of the molecule is CC1(C)CC(CCCCNc2nc(NCCO)nc(NCCCCC3CC(C)(C)N(OC4CCCCC4)C(C)(C)C3)n2)CC(C)(C)N1OC1CCCCC1. The standard InChI is InChI=1S/C43H80N8O3/c1-40(2)29-33(30-41(3,4)50(40)53-35-21-11-9-12-22-35)19-15-17-25-44-37-47-38(49-39(48-37)46-27-28-52)45-26-18-16-20-34-31-42(5,6)51(43(7,8)32-34)54-36-23-13-10-14-24-36/h33-36,52H,9-32H2,1-8H3,(H3,44,45,46,47,48,49). The van der Waals surface area contributed by atoms with Gasteiger partial charge in [-0.05, 0) is 131 Å². The first-order valence-electron chi connectivity index (χ1n) is 22.2. The van der Waals surface area contributed by atoms with E-state index >= 15 is 0 Å². The smallest absolute Gasteiger partial charge is 0.229 e. The fourth-order valence-corrected chi connectivity index (χ4v) is 10.9. The highest BCUT2D eigenvalue weighted by Gasteiger charge is 2.48. The van der Waals surface area contributed by atoms with Gasteiger partial charge in [0.2, 0.25) is 17.8 Å². The first-order chi connectivity index (χ1) is 25.7. The van der Waals surface area contributed by atoms with Crippen LogP contribution in [-0.4, -0.2) is 90.8 Å². The van der Waals surface area contributed by atoms with Crippen LogP contribution >= 0.6 is 0 Å². The topological polar surface area (TPSA) is 120 Å². The summed E-state index contributed by atoms with van der Waals surface area (Å²) in [5, 5.41) is 24.2. The molecule has 1 aromatic rings. The van der Waals surface area contributed by atoms with Gasteiger partial charge >= 0.3 is 0 Å². The van der Waals surface area contributed by atoms with Gasteiger partial charge in [-0.2, -0.15) is 25.1 Å². The molecule has 0 radical (unpaired) electrons. The molecule has 4 N–H and O–H groups in total. The number of hydrogen-bond donors (Lipinski definition) is 4. The van der Waals surface area contributed by atoms with Gasteiger partial charge < -0.3 is 21.1 Å². The van der Waals surface area contributed by atoms with Gasteiger partial charge in [0.05, 0.1) is 18.8 Å². The average Bonchev–Trinajstić information content (AvgIpc) is 3.10. The summed E-state index contributed by atoms with van der Waals surface area (Å²) in [6.07, 6.45) is 25.1. The summed E-state index contributed by atoms with van der Waals surface area (Å²) in [6.45, 7) is 21.0. The van der Waals surface area contributed by atoms with Crippen LogP contribution in [0.25, 0.3) is 0 Å². The van der Waals surface area contributed by atoms with Gasteiger partial charge in [-0.1, -0.05) is 64.2 Å². The minimum Gasteiger partial charge on any atom is -0.395 e.